The van der Waals surface area contributed by atoms with Crippen LogP contribution in [0.3, 0.4) is 0 Å². The number of piperidine rings is 1. The van der Waals surface area contributed by atoms with Crippen molar-refractivity contribution in [3.63, 3.8) is 0 Å². The molecule has 1 saturated heterocycles. The normalized spacial score (nSPS) is 16.4. The lowest BCUT2D eigenvalue weighted by Crippen LogP contribution is -2.27. The van der Waals surface area contributed by atoms with Gasteiger partial charge in [-0.15, -0.1) is 0 Å². The zero-order valence-corrected chi connectivity index (χ0v) is 11.6. The highest BCUT2D eigenvalue weighted by Crippen LogP contribution is 2.29. The lowest BCUT2D eigenvalue weighted by molar-refractivity contribution is 0.392. The maximum absolute atomic E-state index is 5.50. The predicted molar refractivity (Wildman–Crippen MR) is 79.9 cm³/mol. The number of nitrogens with zero attached hydrogens (tertiary/aromatic N) is 3. The molecule has 5 nitrogen and oxygen atoms in total. The van der Waals surface area contributed by atoms with Gasteiger partial charge < -0.3 is 9.84 Å². The van der Waals surface area contributed by atoms with Gasteiger partial charge in [0.2, 0.25) is 0 Å². The molecule has 1 N–H and O–H groups in total. The van der Waals surface area contributed by atoms with E-state index in [1.807, 2.05) is 30.3 Å². The van der Waals surface area contributed by atoms with Gasteiger partial charge in [0.05, 0.1) is 5.52 Å². The van der Waals surface area contributed by atoms with E-state index in [1.54, 1.807) is 6.20 Å². The van der Waals surface area contributed by atoms with Crippen LogP contribution in [0.4, 0.5) is 0 Å². The number of benzene rings is 1. The summed E-state index contributed by atoms with van der Waals surface area (Å²) in [5.74, 6) is 1.81. The Morgan fingerprint density at radius 1 is 1.10 bits per heavy atom. The molecule has 0 unspecified atom stereocenters. The van der Waals surface area contributed by atoms with Gasteiger partial charge in [-0.3, -0.25) is 4.98 Å². The first-order valence-corrected chi connectivity index (χ1v) is 7.30. The molecule has 3 aromatic rings. The van der Waals surface area contributed by atoms with Gasteiger partial charge in [0.15, 0.2) is 5.82 Å². The fourth-order valence-corrected chi connectivity index (χ4v) is 2.88. The van der Waals surface area contributed by atoms with Crippen LogP contribution in [-0.2, 0) is 0 Å². The van der Waals surface area contributed by atoms with E-state index >= 15 is 0 Å². The molecule has 0 aliphatic carbocycles. The molecule has 3 heterocycles. The molecular weight excluding hydrogens is 264 g/mol. The van der Waals surface area contributed by atoms with Gasteiger partial charge in [-0.2, -0.15) is 4.98 Å². The van der Waals surface area contributed by atoms with E-state index in [0.29, 0.717) is 11.8 Å². The van der Waals surface area contributed by atoms with E-state index in [-0.39, 0.29) is 0 Å². The van der Waals surface area contributed by atoms with Gasteiger partial charge in [-0.25, -0.2) is 0 Å². The zero-order valence-electron chi connectivity index (χ0n) is 11.6. The summed E-state index contributed by atoms with van der Waals surface area (Å²) in [6.45, 7) is 2.04. The van der Waals surface area contributed by atoms with E-state index in [0.717, 1.165) is 48.2 Å². The quantitative estimate of drug-likeness (QED) is 0.782. The van der Waals surface area contributed by atoms with Crippen LogP contribution < -0.4 is 5.32 Å². The van der Waals surface area contributed by atoms with Crippen LogP contribution in [0.15, 0.2) is 41.1 Å². The van der Waals surface area contributed by atoms with Crippen molar-refractivity contribution in [2.24, 2.45) is 0 Å². The number of hydrogen-bond donors (Lipinski definition) is 1. The summed E-state index contributed by atoms with van der Waals surface area (Å²) in [6, 6.07) is 9.92. The first-order valence-electron chi connectivity index (χ1n) is 7.30. The minimum atomic E-state index is 0.400. The monoisotopic (exact) mass is 280 g/mol. The molecule has 2 aromatic heterocycles. The highest BCUT2D eigenvalue weighted by atomic mass is 16.5. The second kappa shape index (κ2) is 5.26. The molecule has 0 bridgehead atoms. The largest absolute Gasteiger partial charge is 0.334 e. The maximum Gasteiger partial charge on any atom is 0.258 e. The second-order valence-electron chi connectivity index (χ2n) is 5.36. The standard InChI is InChI=1S/C16H16N4O/c1-3-13(12-4-2-8-18-14(12)5-1)16-19-15(20-21-16)11-6-9-17-10-7-11/h1-5,8,11,17H,6-7,9-10H2. The van der Waals surface area contributed by atoms with E-state index < -0.39 is 0 Å². The van der Waals surface area contributed by atoms with Crippen LogP contribution in [0, 0.1) is 0 Å². The lowest BCUT2D eigenvalue weighted by Gasteiger charge is -2.18. The van der Waals surface area contributed by atoms with Crippen molar-refractivity contribution in [2.45, 2.75) is 18.8 Å². The number of aromatic nitrogens is 3. The topological polar surface area (TPSA) is 63.8 Å². The highest BCUT2D eigenvalue weighted by Gasteiger charge is 2.21. The fourth-order valence-electron chi connectivity index (χ4n) is 2.88. The summed E-state index contributed by atoms with van der Waals surface area (Å²) in [5, 5.41) is 8.58. The molecule has 0 spiro atoms. The average Bonchev–Trinajstić information content (AvgIpc) is 3.05. The molecule has 1 aliphatic heterocycles. The zero-order chi connectivity index (χ0) is 14.1. The SMILES string of the molecule is c1cc(-c2nc(C3CCNCC3)no2)c2cccnc2c1. The third-order valence-electron chi connectivity index (χ3n) is 4.02. The average molecular weight is 280 g/mol. The summed E-state index contributed by atoms with van der Waals surface area (Å²) in [4.78, 5) is 8.99. The molecule has 0 radical (unpaired) electrons. The smallest absolute Gasteiger partial charge is 0.258 e. The Bertz CT molecular complexity index is 756. The molecule has 106 valence electrons. The van der Waals surface area contributed by atoms with Crippen molar-refractivity contribution >= 4 is 10.9 Å². The Balaban J connectivity index is 1.74. The van der Waals surface area contributed by atoms with Crippen molar-refractivity contribution < 1.29 is 4.52 Å². The molecule has 21 heavy (non-hydrogen) atoms. The molecule has 1 aromatic carbocycles. The van der Waals surface area contributed by atoms with Gasteiger partial charge in [0, 0.05) is 23.1 Å². The van der Waals surface area contributed by atoms with Gasteiger partial charge in [-0.1, -0.05) is 17.3 Å². The molecule has 4 rings (SSSR count). The summed E-state index contributed by atoms with van der Waals surface area (Å²) < 4.78 is 5.50. The maximum atomic E-state index is 5.50. The number of pyridine rings is 1. The van der Waals surface area contributed by atoms with E-state index in [9.17, 15) is 0 Å². The van der Waals surface area contributed by atoms with E-state index in [2.05, 4.69) is 20.4 Å². The van der Waals surface area contributed by atoms with Crippen molar-refractivity contribution in [2.75, 3.05) is 13.1 Å². The number of rotatable bonds is 2. The minimum absolute atomic E-state index is 0.400. The number of fused-ring (bicyclic) bond motifs is 1. The van der Waals surface area contributed by atoms with Gasteiger partial charge in [0.25, 0.3) is 5.89 Å². The van der Waals surface area contributed by atoms with Crippen LogP contribution in [-0.4, -0.2) is 28.2 Å². The Morgan fingerprint density at radius 2 is 2.00 bits per heavy atom. The Kier molecular flexibility index (Phi) is 3.12. The van der Waals surface area contributed by atoms with Crippen molar-refractivity contribution in [1.82, 2.24) is 20.4 Å². The van der Waals surface area contributed by atoms with Gasteiger partial charge >= 0.3 is 0 Å². The van der Waals surface area contributed by atoms with Crippen LogP contribution in [0.2, 0.25) is 0 Å². The molecule has 5 heteroatoms. The molecule has 1 aliphatic rings. The molecule has 0 atom stereocenters. The molecule has 0 saturated carbocycles. The lowest BCUT2D eigenvalue weighted by atomic mass is 9.97. The number of hydrogen-bond acceptors (Lipinski definition) is 5. The van der Waals surface area contributed by atoms with Crippen LogP contribution in [0.5, 0.6) is 0 Å². The van der Waals surface area contributed by atoms with Gasteiger partial charge in [-0.05, 0) is 44.1 Å². The predicted octanol–water partition coefficient (Wildman–Crippen LogP) is 2.75. The summed E-state index contributed by atoms with van der Waals surface area (Å²) >= 11 is 0. The fraction of sp³-hybridized carbons (Fsp3) is 0.312. The van der Waals surface area contributed by atoms with Crippen molar-refractivity contribution in [3.8, 4) is 11.5 Å². The number of nitrogens with one attached hydrogen (secondary N) is 1. The molecular formula is C16H16N4O. The van der Waals surface area contributed by atoms with E-state index in [1.165, 1.54) is 0 Å². The van der Waals surface area contributed by atoms with Crippen molar-refractivity contribution in [1.29, 1.82) is 0 Å². The minimum Gasteiger partial charge on any atom is -0.334 e. The van der Waals surface area contributed by atoms with Gasteiger partial charge in [0.1, 0.15) is 0 Å². The van der Waals surface area contributed by atoms with Crippen LogP contribution in [0.1, 0.15) is 24.6 Å². The van der Waals surface area contributed by atoms with Crippen LogP contribution >= 0.6 is 0 Å². The Morgan fingerprint density at radius 3 is 2.90 bits per heavy atom. The third kappa shape index (κ3) is 2.29. The summed E-state index contributed by atoms with van der Waals surface area (Å²) in [6.07, 6.45) is 3.92. The highest BCUT2D eigenvalue weighted by molar-refractivity contribution is 5.92. The van der Waals surface area contributed by atoms with Crippen molar-refractivity contribution in [3.05, 3.63) is 42.4 Å². The first kappa shape index (κ1) is 12.5. The second-order valence-corrected chi connectivity index (χ2v) is 5.36. The molecule has 1 fully saturated rings. The van der Waals surface area contributed by atoms with Crippen LogP contribution in [0.25, 0.3) is 22.4 Å². The molecule has 0 amide bonds. The first-order chi connectivity index (χ1) is 10.4. The summed E-state index contributed by atoms with van der Waals surface area (Å²) in [5.41, 5.74) is 1.89. The Hall–Kier alpha value is -2.27. The third-order valence-corrected chi connectivity index (χ3v) is 4.02. The van der Waals surface area contributed by atoms with E-state index in [4.69, 9.17) is 4.52 Å². The summed E-state index contributed by atoms with van der Waals surface area (Å²) in [7, 11) is 0. The Labute approximate surface area is 122 Å².